The van der Waals surface area contributed by atoms with Gasteiger partial charge in [0.2, 0.25) is 5.91 Å². The zero-order valence-electron chi connectivity index (χ0n) is 16.7. The highest BCUT2D eigenvalue weighted by Gasteiger charge is 2.23. The summed E-state index contributed by atoms with van der Waals surface area (Å²) in [5.74, 6) is -2.83. The molecule has 3 rings (SSSR count). The van der Waals surface area contributed by atoms with Crippen molar-refractivity contribution in [1.82, 2.24) is 9.47 Å². The topological polar surface area (TPSA) is 68.6 Å². The van der Waals surface area contributed by atoms with Gasteiger partial charge in [-0.1, -0.05) is 26.0 Å². The van der Waals surface area contributed by atoms with E-state index in [1.54, 1.807) is 0 Å². The lowest BCUT2D eigenvalue weighted by Crippen LogP contribution is -2.25. The maximum Gasteiger partial charge on any atom is 0.339 e. The van der Waals surface area contributed by atoms with Crippen LogP contribution in [0.2, 0.25) is 0 Å². The average molecular weight is 406 g/mol. The van der Waals surface area contributed by atoms with Gasteiger partial charge in [0.25, 0.3) is 5.56 Å². The van der Waals surface area contributed by atoms with Gasteiger partial charge in [0.05, 0.1) is 19.2 Å². The molecule has 0 radical (unpaired) electrons. The lowest BCUT2D eigenvalue weighted by atomic mass is 10.1. The number of hydrogen-bond donors (Lipinski definition) is 0. The van der Waals surface area contributed by atoms with E-state index < -0.39 is 23.2 Å². The molecule has 2 aromatic rings. The molecule has 8 heteroatoms. The largest absolute Gasteiger partial charge is 0.465 e. The van der Waals surface area contributed by atoms with E-state index in [4.69, 9.17) is 0 Å². The van der Waals surface area contributed by atoms with E-state index in [0.29, 0.717) is 19.4 Å². The van der Waals surface area contributed by atoms with E-state index in [0.717, 1.165) is 10.6 Å². The molecule has 2 heterocycles. The summed E-state index contributed by atoms with van der Waals surface area (Å²) in [4.78, 5) is 36.7. The Kier molecular flexibility index (Phi) is 7.64. The molecule has 0 N–H and O–H groups in total. The summed E-state index contributed by atoms with van der Waals surface area (Å²) in [6.45, 7) is 4.30. The van der Waals surface area contributed by atoms with Gasteiger partial charge in [-0.3, -0.25) is 9.59 Å². The second kappa shape index (κ2) is 9.95. The summed E-state index contributed by atoms with van der Waals surface area (Å²) in [5, 5.41) is 0. The Morgan fingerprint density at radius 2 is 1.66 bits per heavy atom. The SMILES string of the molecule is CC.COC(=O)c1ccc(=O)n(Cc2ccc(CN3CCCC3=O)c(F)c2F)c1. The number of amides is 1. The molecule has 156 valence electrons. The number of rotatable bonds is 5. The van der Waals surface area contributed by atoms with Crippen LogP contribution in [0.5, 0.6) is 0 Å². The van der Waals surface area contributed by atoms with Gasteiger partial charge in [0, 0.05) is 42.9 Å². The Bertz CT molecular complexity index is 956. The predicted octanol–water partition coefficient (Wildman–Crippen LogP) is 3.11. The van der Waals surface area contributed by atoms with Gasteiger partial charge in [-0.25, -0.2) is 13.6 Å². The first kappa shape index (κ1) is 22.3. The second-order valence-electron chi connectivity index (χ2n) is 6.31. The van der Waals surface area contributed by atoms with Crippen LogP contribution in [0, 0.1) is 11.6 Å². The van der Waals surface area contributed by atoms with E-state index in [9.17, 15) is 23.2 Å². The highest BCUT2D eigenvalue weighted by Crippen LogP contribution is 2.21. The molecular formula is C21H24F2N2O4. The van der Waals surface area contributed by atoms with E-state index in [2.05, 4.69) is 4.74 Å². The van der Waals surface area contributed by atoms with Crippen LogP contribution >= 0.6 is 0 Å². The van der Waals surface area contributed by atoms with Crippen LogP contribution in [0.15, 0.2) is 35.3 Å². The molecule has 1 aliphatic heterocycles. The number of pyridine rings is 1. The van der Waals surface area contributed by atoms with Gasteiger partial charge >= 0.3 is 5.97 Å². The van der Waals surface area contributed by atoms with Gasteiger partial charge < -0.3 is 14.2 Å². The number of halogens is 2. The number of benzene rings is 1. The number of carbonyl (C=O) groups is 2. The van der Waals surface area contributed by atoms with Gasteiger partial charge in [0.1, 0.15) is 0 Å². The summed E-state index contributed by atoms with van der Waals surface area (Å²) in [6, 6.07) is 5.26. The van der Waals surface area contributed by atoms with E-state index >= 15 is 0 Å². The second-order valence-corrected chi connectivity index (χ2v) is 6.31. The lowest BCUT2D eigenvalue weighted by molar-refractivity contribution is -0.128. The number of esters is 1. The monoisotopic (exact) mass is 406 g/mol. The fourth-order valence-corrected chi connectivity index (χ4v) is 3.03. The van der Waals surface area contributed by atoms with Crippen molar-refractivity contribution in [3.63, 3.8) is 0 Å². The van der Waals surface area contributed by atoms with Crippen molar-refractivity contribution in [3.05, 3.63) is 69.1 Å². The molecule has 1 aromatic carbocycles. The molecule has 0 aliphatic carbocycles. The molecule has 1 amide bonds. The minimum absolute atomic E-state index is 0.0135. The summed E-state index contributed by atoms with van der Waals surface area (Å²) in [5.41, 5.74) is -0.286. The zero-order valence-corrected chi connectivity index (χ0v) is 16.7. The number of ether oxygens (including phenoxy) is 1. The molecule has 0 unspecified atom stereocenters. The Labute approximate surface area is 167 Å². The Morgan fingerprint density at radius 1 is 1.03 bits per heavy atom. The number of likely N-dealkylation sites (tertiary alicyclic amines) is 1. The van der Waals surface area contributed by atoms with Gasteiger partial charge in [0.15, 0.2) is 11.6 Å². The molecular weight excluding hydrogens is 382 g/mol. The third-order valence-electron chi connectivity index (χ3n) is 4.52. The molecule has 29 heavy (non-hydrogen) atoms. The summed E-state index contributed by atoms with van der Waals surface area (Å²) in [7, 11) is 1.21. The lowest BCUT2D eigenvalue weighted by Gasteiger charge is -2.17. The minimum Gasteiger partial charge on any atom is -0.465 e. The van der Waals surface area contributed by atoms with Crippen molar-refractivity contribution in [3.8, 4) is 0 Å². The van der Waals surface area contributed by atoms with Crippen LogP contribution in [0.25, 0.3) is 0 Å². The average Bonchev–Trinajstić information content (AvgIpc) is 3.14. The molecule has 0 bridgehead atoms. The number of carbonyl (C=O) groups excluding carboxylic acids is 2. The molecule has 1 aliphatic rings. The number of aromatic nitrogens is 1. The molecule has 1 saturated heterocycles. The normalized spacial score (nSPS) is 13.1. The molecule has 6 nitrogen and oxygen atoms in total. The fourth-order valence-electron chi connectivity index (χ4n) is 3.03. The molecule has 0 spiro atoms. The molecule has 0 saturated carbocycles. The highest BCUT2D eigenvalue weighted by molar-refractivity contribution is 5.88. The maximum absolute atomic E-state index is 14.5. The maximum atomic E-state index is 14.5. The first-order valence-corrected chi connectivity index (χ1v) is 9.43. The summed E-state index contributed by atoms with van der Waals surface area (Å²) in [6.07, 6.45) is 2.37. The summed E-state index contributed by atoms with van der Waals surface area (Å²) < 4.78 is 34.6. The van der Waals surface area contributed by atoms with Gasteiger partial charge in [-0.15, -0.1) is 0 Å². The van der Waals surface area contributed by atoms with Crippen molar-refractivity contribution in [2.45, 2.75) is 39.8 Å². The number of nitrogens with zero attached hydrogens (tertiary/aromatic N) is 2. The highest BCUT2D eigenvalue weighted by atomic mass is 19.2. The van der Waals surface area contributed by atoms with Crippen LogP contribution in [0.4, 0.5) is 8.78 Å². The van der Waals surface area contributed by atoms with Crippen molar-refractivity contribution in [2.75, 3.05) is 13.7 Å². The number of hydrogen-bond acceptors (Lipinski definition) is 4. The fraction of sp³-hybridized carbons (Fsp3) is 0.381. The standard InChI is InChI=1S/C19H18F2N2O4.C2H6/c1-27-19(26)14-6-7-16(25)23(11-14)10-13-5-4-12(17(20)18(13)21)9-22-8-2-3-15(22)24;1-2/h4-7,11H,2-3,8-10H2,1H3;1-2H3. The van der Waals surface area contributed by atoms with E-state index in [1.165, 1.54) is 36.4 Å². The third-order valence-corrected chi connectivity index (χ3v) is 4.52. The van der Waals surface area contributed by atoms with Crippen LogP contribution in [0.1, 0.15) is 48.2 Å². The quantitative estimate of drug-likeness (QED) is 0.716. The van der Waals surface area contributed by atoms with Gasteiger partial charge in [-0.05, 0) is 12.5 Å². The van der Waals surface area contributed by atoms with Crippen molar-refractivity contribution in [1.29, 1.82) is 0 Å². The minimum atomic E-state index is -1.07. The smallest absolute Gasteiger partial charge is 0.339 e. The third kappa shape index (κ3) is 5.07. The van der Waals surface area contributed by atoms with Gasteiger partial charge in [-0.2, -0.15) is 0 Å². The van der Waals surface area contributed by atoms with E-state index in [-0.39, 0.29) is 35.7 Å². The zero-order chi connectivity index (χ0) is 21.6. The number of methoxy groups -OCH3 is 1. The first-order valence-electron chi connectivity index (χ1n) is 9.43. The van der Waals surface area contributed by atoms with Crippen LogP contribution < -0.4 is 5.56 Å². The Balaban J connectivity index is 0.00000145. The first-order chi connectivity index (χ1) is 13.9. The van der Waals surface area contributed by atoms with Crippen LogP contribution in [0.3, 0.4) is 0 Å². The Morgan fingerprint density at radius 3 is 2.21 bits per heavy atom. The van der Waals surface area contributed by atoms with E-state index in [1.807, 2.05) is 13.8 Å². The molecule has 0 atom stereocenters. The summed E-state index contributed by atoms with van der Waals surface area (Å²) >= 11 is 0. The predicted molar refractivity (Wildman–Crippen MR) is 104 cm³/mol. The Hall–Kier alpha value is -3.03. The van der Waals surface area contributed by atoms with Crippen LogP contribution in [-0.4, -0.2) is 35.0 Å². The van der Waals surface area contributed by atoms with Crippen LogP contribution in [-0.2, 0) is 22.6 Å². The molecule has 1 fully saturated rings. The molecule has 1 aromatic heterocycles. The van der Waals surface area contributed by atoms with Crippen molar-refractivity contribution < 1.29 is 23.1 Å². The van der Waals surface area contributed by atoms with Crippen molar-refractivity contribution in [2.24, 2.45) is 0 Å². The van der Waals surface area contributed by atoms with Crippen molar-refractivity contribution >= 4 is 11.9 Å².